The van der Waals surface area contributed by atoms with Crippen LogP contribution >= 0.6 is 0 Å². The lowest BCUT2D eigenvalue weighted by Gasteiger charge is -2.42. The van der Waals surface area contributed by atoms with Crippen LogP contribution in [0.1, 0.15) is 451 Å². The van der Waals surface area contributed by atoms with Crippen molar-refractivity contribution < 1.29 is 30.3 Å². The van der Waals surface area contributed by atoms with E-state index in [1.807, 2.05) is 13.8 Å². The molecule has 0 bridgehead atoms. The van der Waals surface area contributed by atoms with Crippen molar-refractivity contribution in [2.45, 2.75) is 457 Å². The Morgan fingerprint density at radius 2 is 0.681 bits per heavy atom. The fraction of sp³-hybridized carbons (Fsp3) is 1.00. The Kier molecular flexibility index (Phi) is 134. The molecular weight excluding hydrogens is 1150 g/mol. The van der Waals surface area contributed by atoms with Crippen LogP contribution in [0.25, 0.3) is 0 Å². The number of rotatable bonds is 26. The average molecular weight is 1360 g/mol. The van der Waals surface area contributed by atoms with E-state index in [0.29, 0.717) is 28.6 Å². The van der Waals surface area contributed by atoms with Crippen molar-refractivity contribution in [3.8, 4) is 0 Å². The van der Waals surface area contributed by atoms with E-state index in [2.05, 4.69) is 277 Å². The zero-order valence-corrected chi connectivity index (χ0v) is 74.9. The molecule has 6 nitrogen and oxygen atoms in total. The minimum atomic E-state index is -0.284. The molecule has 6 heteroatoms. The lowest BCUT2D eigenvalue weighted by molar-refractivity contribution is -0.124. The molecule has 0 aromatic carbocycles. The molecule has 0 spiro atoms. The molecule has 2 fully saturated rings. The molecule has 0 radical (unpaired) electrons. The highest BCUT2D eigenvalue weighted by Crippen LogP contribution is 2.53. The van der Waals surface area contributed by atoms with Crippen molar-refractivity contribution in [1.29, 1.82) is 0 Å². The zero-order valence-electron chi connectivity index (χ0n) is 74.9. The van der Waals surface area contributed by atoms with Crippen molar-refractivity contribution in [1.82, 2.24) is 0 Å². The molecule has 0 aromatic heterocycles. The molecule has 2 unspecified atom stereocenters. The number of hydrogen-bond acceptors (Lipinski definition) is 6. The Morgan fingerprint density at radius 3 is 0.766 bits per heavy atom. The Hall–Kier alpha value is -0.240. The first-order valence-corrected chi connectivity index (χ1v) is 41.2. The second-order valence-corrected chi connectivity index (χ2v) is 32.6. The topological polar surface area (TPSA) is 110 Å². The minimum absolute atomic E-state index is 0.0711. The maximum atomic E-state index is 9.03. The van der Waals surface area contributed by atoms with E-state index in [1.54, 1.807) is 0 Å². The van der Waals surface area contributed by atoms with Crippen molar-refractivity contribution in [2.24, 2.45) is 80.8 Å². The highest BCUT2D eigenvalue weighted by molar-refractivity contribution is 4.92. The SMILES string of the molecule is CC(C)CC(C)(CO)CO.CC(C)CC(CO)CO.CCC.CCC.CCC.CCC.CCC.CCC.CCC.CCC.CCC(C)(C)CC(C)C.CCC(C)CC(C)C.CCC(O)CC(C)C.CCC1(CC(C)C)CC1.CCC1(CC(C)C)COC1.CCCCC(C)C. The van der Waals surface area contributed by atoms with Gasteiger partial charge in [0.1, 0.15) is 0 Å². The molecule has 94 heavy (non-hydrogen) atoms. The van der Waals surface area contributed by atoms with Crippen molar-refractivity contribution in [3.05, 3.63) is 0 Å². The summed E-state index contributed by atoms with van der Waals surface area (Å²) >= 11 is 0. The largest absolute Gasteiger partial charge is 0.396 e. The minimum Gasteiger partial charge on any atom is -0.396 e. The Labute approximate surface area is 605 Å². The Bertz CT molecular complexity index is 1070. The van der Waals surface area contributed by atoms with Gasteiger partial charge in [-0.25, -0.2) is 0 Å². The van der Waals surface area contributed by atoms with Gasteiger partial charge in [-0.15, -0.1) is 0 Å². The van der Waals surface area contributed by atoms with Crippen LogP contribution in [0.15, 0.2) is 0 Å². The molecule has 2 aliphatic rings. The smallest absolute Gasteiger partial charge is 0.0544 e. The quantitative estimate of drug-likeness (QED) is 0.0590. The van der Waals surface area contributed by atoms with Crippen LogP contribution in [0.2, 0.25) is 0 Å². The van der Waals surface area contributed by atoms with Crippen LogP contribution in [-0.4, -0.2) is 71.3 Å². The second-order valence-electron chi connectivity index (χ2n) is 32.6. The molecule has 1 aliphatic carbocycles. The van der Waals surface area contributed by atoms with Crippen LogP contribution in [0.4, 0.5) is 0 Å². The summed E-state index contributed by atoms with van der Waals surface area (Å²) in [5, 5.41) is 44.0. The van der Waals surface area contributed by atoms with Gasteiger partial charge in [0.05, 0.1) is 32.5 Å². The Balaban J connectivity index is -0.0000000619. The molecule has 2 rings (SSSR count). The highest BCUT2D eigenvalue weighted by Gasteiger charge is 2.40. The van der Waals surface area contributed by atoms with E-state index in [4.69, 9.17) is 30.3 Å². The summed E-state index contributed by atoms with van der Waals surface area (Å²) in [6.45, 7) is 94.1. The molecular formula is C88H204O6. The summed E-state index contributed by atoms with van der Waals surface area (Å²) in [4.78, 5) is 0. The molecule has 2 atom stereocenters. The predicted molar refractivity (Wildman–Crippen MR) is 444 cm³/mol. The third kappa shape index (κ3) is 147. The summed E-state index contributed by atoms with van der Waals surface area (Å²) in [5.74, 6) is 7.10. The van der Waals surface area contributed by atoms with Gasteiger partial charge in [0, 0.05) is 30.0 Å². The second kappa shape index (κ2) is 99.1. The van der Waals surface area contributed by atoms with E-state index < -0.39 is 0 Å². The number of ether oxygens (including phenoxy) is 1. The van der Waals surface area contributed by atoms with Crippen molar-refractivity contribution >= 4 is 0 Å². The van der Waals surface area contributed by atoms with Gasteiger partial charge in [0.15, 0.2) is 0 Å². The van der Waals surface area contributed by atoms with Gasteiger partial charge < -0.3 is 30.3 Å². The third-order valence-corrected chi connectivity index (χ3v) is 13.8. The maximum Gasteiger partial charge on any atom is 0.0544 e. The molecule has 592 valence electrons. The van der Waals surface area contributed by atoms with Crippen LogP contribution in [0, 0.1) is 80.8 Å². The average Bonchev–Trinajstić information content (AvgIpc) is 1.54. The van der Waals surface area contributed by atoms with Gasteiger partial charge in [-0.3, -0.25) is 0 Å². The zero-order chi connectivity index (χ0) is 78.0. The molecule has 0 amide bonds. The standard InChI is InChI=1S/C9H18O.C9H18.C9H20.C8H18O2.C8H18.C7H16O2.C7H16O.C7H16.8C3H8/c1-4-9(5-8(2)3)6-10-7-9;1-4-9(5-6-9)7-8(2)3;1-6-9(4,5)7-8(2)3;1-7(2)4-8(3,5-9)6-10;1-5-8(4)6-7(2)3;1-6(2)3-7(4-8)5-9;1-4-7(8)5-6(2)3;1-4-5-6-7(2)3;8*1-3-2/h8H,4-7H2,1-3H3;8H,4-7H2,1-3H3;8H,6-7H2,1-5H3;7,9-10H,4-6H2,1-3H3;7-8H,5-6H2,1-4H3;6-9H,3-5H2,1-2H3;6-8H,4-5H2,1-3H3;7H,4-6H2,1-3H3;8*3H2,1-2H3. The first-order chi connectivity index (χ1) is 43.5. The van der Waals surface area contributed by atoms with E-state index in [-0.39, 0.29) is 43.9 Å². The molecule has 1 aliphatic heterocycles. The van der Waals surface area contributed by atoms with Gasteiger partial charge in [0.25, 0.3) is 0 Å². The van der Waals surface area contributed by atoms with E-state index in [1.165, 1.54) is 135 Å². The molecule has 1 saturated heterocycles. The first-order valence-electron chi connectivity index (χ1n) is 41.2. The van der Waals surface area contributed by atoms with Crippen LogP contribution < -0.4 is 0 Å². The lowest BCUT2D eigenvalue weighted by atomic mass is 9.76. The Morgan fingerprint density at radius 1 is 0.372 bits per heavy atom. The van der Waals surface area contributed by atoms with Crippen LogP contribution in [0.5, 0.6) is 0 Å². The summed E-state index contributed by atoms with van der Waals surface area (Å²) in [7, 11) is 0. The maximum absolute atomic E-state index is 9.03. The van der Waals surface area contributed by atoms with Gasteiger partial charge in [0.2, 0.25) is 0 Å². The number of hydrogen-bond donors (Lipinski definition) is 5. The summed E-state index contributed by atoms with van der Waals surface area (Å²) in [6.07, 6.45) is 31.5. The third-order valence-electron chi connectivity index (χ3n) is 13.8. The fourth-order valence-corrected chi connectivity index (χ4v) is 9.05. The number of aliphatic hydroxyl groups is 5. The fourth-order valence-electron chi connectivity index (χ4n) is 9.05. The van der Waals surface area contributed by atoms with Crippen LogP contribution in [-0.2, 0) is 4.74 Å². The highest BCUT2D eigenvalue weighted by atomic mass is 16.5. The monoisotopic (exact) mass is 1360 g/mol. The molecule has 5 N–H and O–H groups in total. The molecule has 1 saturated carbocycles. The summed E-state index contributed by atoms with van der Waals surface area (Å²) in [5.41, 5.74) is 1.66. The normalized spacial score (nSPS) is 13.0. The lowest BCUT2D eigenvalue weighted by Crippen LogP contribution is -2.42. The molecule has 0 aromatic rings. The van der Waals surface area contributed by atoms with Gasteiger partial charge in [-0.2, -0.15) is 0 Å². The van der Waals surface area contributed by atoms with Gasteiger partial charge >= 0.3 is 0 Å². The van der Waals surface area contributed by atoms with E-state index in [0.717, 1.165) is 79.8 Å². The summed E-state index contributed by atoms with van der Waals surface area (Å²) < 4.78 is 5.23. The van der Waals surface area contributed by atoms with Crippen molar-refractivity contribution in [2.75, 3.05) is 39.6 Å². The summed E-state index contributed by atoms with van der Waals surface area (Å²) in [6, 6.07) is 0. The molecule has 1 heterocycles. The number of unbranched alkanes of at least 4 members (excludes halogenated alkanes) is 1. The first kappa shape index (κ1) is 127. The van der Waals surface area contributed by atoms with Crippen LogP contribution in [0.3, 0.4) is 0 Å². The van der Waals surface area contributed by atoms with E-state index >= 15 is 0 Å². The predicted octanol–water partition coefficient (Wildman–Crippen LogP) is 29.9. The van der Waals surface area contributed by atoms with Gasteiger partial charge in [-0.05, 0) is 135 Å². The van der Waals surface area contributed by atoms with E-state index in [9.17, 15) is 0 Å². The number of aliphatic hydroxyl groups excluding tert-OH is 5. The van der Waals surface area contributed by atoms with Gasteiger partial charge in [-0.1, -0.05) is 381 Å². The van der Waals surface area contributed by atoms with Crippen molar-refractivity contribution in [3.63, 3.8) is 0 Å².